The lowest BCUT2D eigenvalue weighted by Gasteiger charge is -1.94. The van der Waals surface area contributed by atoms with Crippen molar-refractivity contribution in [2.45, 2.75) is 27.7 Å². The van der Waals surface area contributed by atoms with Gasteiger partial charge in [0, 0.05) is 29.1 Å². The summed E-state index contributed by atoms with van der Waals surface area (Å²) in [6.07, 6.45) is 6.27. The van der Waals surface area contributed by atoms with Gasteiger partial charge in [-0.15, -0.1) is 0 Å². The minimum atomic E-state index is 1.19. The first kappa shape index (κ1) is 9.97. The Morgan fingerprint density at radius 1 is 1.20 bits per heavy atom. The van der Waals surface area contributed by atoms with E-state index in [9.17, 15) is 0 Å². The lowest BCUT2D eigenvalue weighted by atomic mass is 10.1. The molecule has 0 amide bonds. The van der Waals surface area contributed by atoms with Crippen LogP contribution in [0, 0.1) is 13.8 Å². The zero-order valence-corrected chi connectivity index (χ0v) is 9.73. The Hall–Kier alpha value is -1.57. The van der Waals surface area contributed by atoms with E-state index in [1.807, 2.05) is 12.4 Å². The molecule has 2 heteroatoms. The number of aromatic amines is 1. The first-order valence-electron chi connectivity index (χ1n) is 5.23. The monoisotopic (exact) mass is 201 g/mol. The summed E-state index contributed by atoms with van der Waals surface area (Å²) in [5.74, 6) is 0. The average Bonchev–Trinajstić information content (AvgIpc) is 2.68. The smallest absolute Gasteiger partial charge is 0.209 e. The maximum absolute atomic E-state index is 3.28. The van der Waals surface area contributed by atoms with Crippen molar-refractivity contribution in [1.29, 1.82) is 0 Å². The number of allylic oxidation sites excluding steroid dienone is 2. The molecular weight excluding hydrogens is 184 g/mol. The molecule has 0 aromatic carbocycles. The van der Waals surface area contributed by atoms with E-state index < -0.39 is 0 Å². The van der Waals surface area contributed by atoms with Gasteiger partial charge < -0.3 is 4.98 Å². The molecule has 1 aromatic heterocycles. The standard InChI is InChI=1S/C13H16N2/c1-8-6-14-12(10(8)3)5-13-11(4)9(2)7-15-13/h5-7,14H,1-4H3/p+1. The minimum Gasteiger partial charge on any atom is -0.361 e. The van der Waals surface area contributed by atoms with Gasteiger partial charge in [0.05, 0.1) is 0 Å². The predicted molar refractivity (Wildman–Crippen MR) is 63.6 cm³/mol. The van der Waals surface area contributed by atoms with Crippen LogP contribution < -0.4 is 4.99 Å². The van der Waals surface area contributed by atoms with E-state index in [1.165, 1.54) is 33.7 Å². The van der Waals surface area contributed by atoms with E-state index in [2.05, 4.69) is 43.7 Å². The first-order valence-corrected chi connectivity index (χ1v) is 5.23. The number of aryl methyl sites for hydroxylation is 1. The van der Waals surface area contributed by atoms with Crippen molar-refractivity contribution in [3.8, 4) is 0 Å². The maximum atomic E-state index is 3.28. The largest absolute Gasteiger partial charge is 0.361 e. The maximum Gasteiger partial charge on any atom is 0.209 e. The number of nitrogens with one attached hydrogen (secondary N) is 2. The summed E-state index contributed by atoms with van der Waals surface area (Å²) in [5.41, 5.74) is 7.64. The van der Waals surface area contributed by atoms with Crippen LogP contribution in [0.15, 0.2) is 23.0 Å². The van der Waals surface area contributed by atoms with Gasteiger partial charge in [-0.1, -0.05) is 0 Å². The van der Waals surface area contributed by atoms with Crippen LogP contribution in [0.3, 0.4) is 0 Å². The normalized spacial score (nSPS) is 18.3. The van der Waals surface area contributed by atoms with E-state index in [0.717, 1.165) is 0 Å². The van der Waals surface area contributed by atoms with Crippen LogP contribution in [0.5, 0.6) is 0 Å². The lowest BCUT2D eigenvalue weighted by molar-refractivity contribution is -0.380. The van der Waals surface area contributed by atoms with Crippen molar-refractivity contribution >= 4 is 12.3 Å². The Balaban J connectivity index is 2.41. The van der Waals surface area contributed by atoms with Crippen molar-refractivity contribution in [2.75, 3.05) is 0 Å². The van der Waals surface area contributed by atoms with Gasteiger partial charge in [0.25, 0.3) is 0 Å². The average molecular weight is 201 g/mol. The molecule has 2 rings (SSSR count). The van der Waals surface area contributed by atoms with Crippen LogP contribution in [0.25, 0.3) is 6.08 Å². The fourth-order valence-electron chi connectivity index (χ4n) is 1.67. The van der Waals surface area contributed by atoms with E-state index >= 15 is 0 Å². The van der Waals surface area contributed by atoms with Crippen LogP contribution in [0.4, 0.5) is 0 Å². The molecule has 0 spiro atoms. The fraction of sp³-hybridized carbons (Fsp3) is 0.308. The highest BCUT2D eigenvalue weighted by molar-refractivity contribution is 5.79. The van der Waals surface area contributed by atoms with E-state index in [-0.39, 0.29) is 0 Å². The topological polar surface area (TPSA) is 29.8 Å². The highest BCUT2D eigenvalue weighted by Crippen LogP contribution is 2.17. The van der Waals surface area contributed by atoms with Gasteiger partial charge in [-0.2, -0.15) is 0 Å². The van der Waals surface area contributed by atoms with Crippen LogP contribution in [-0.2, 0) is 0 Å². The molecule has 1 aliphatic rings. The molecule has 0 saturated heterocycles. The van der Waals surface area contributed by atoms with Crippen LogP contribution in [-0.4, -0.2) is 11.2 Å². The molecule has 1 aromatic rings. The first-order chi connectivity index (χ1) is 7.09. The zero-order chi connectivity index (χ0) is 11.0. The molecule has 0 atom stereocenters. The molecule has 78 valence electrons. The fourth-order valence-corrected chi connectivity index (χ4v) is 1.67. The third-order valence-electron chi connectivity index (χ3n) is 3.17. The molecule has 0 unspecified atom stereocenters. The van der Waals surface area contributed by atoms with E-state index in [0.29, 0.717) is 0 Å². The highest BCUT2D eigenvalue weighted by Gasteiger charge is 2.15. The highest BCUT2D eigenvalue weighted by atomic mass is 14.8. The van der Waals surface area contributed by atoms with Gasteiger partial charge in [0.2, 0.25) is 5.70 Å². The summed E-state index contributed by atoms with van der Waals surface area (Å²) in [5, 5.41) is 0. The Morgan fingerprint density at radius 3 is 2.40 bits per heavy atom. The van der Waals surface area contributed by atoms with Crippen molar-refractivity contribution in [1.82, 2.24) is 4.98 Å². The third kappa shape index (κ3) is 1.67. The number of hydrogen-bond acceptors (Lipinski definition) is 0. The Kier molecular flexibility index (Phi) is 2.35. The van der Waals surface area contributed by atoms with Gasteiger partial charge in [0.15, 0.2) is 6.21 Å². The second kappa shape index (κ2) is 3.54. The molecule has 1 aliphatic heterocycles. The van der Waals surface area contributed by atoms with Gasteiger partial charge in [-0.3, -0.25) is 0 Å². The summed E-state index contributed by atoms with van der Waals surface area (Å²) in [6.45, 7) is 8.53. The lowest BCUT2D eigenvalue weighted by Crippen LogP contribution is -2.64. The van der Waals surface area contributed by atoms with Crippen molar-refractivity contribution < 1.29 is 4.99 Å². The quantitative estimate of drug-likeness (QED) is 0.689. The second-order valence-electron chi connectivity index (χ2n) is 4.17. The molecule has 15 heavy (non-hydrogen) atoms. The summed E-state index contributed by atoms with van der Waals surface area (Å²) >= 11 is 0. The minimum absolute atomic E-state index is 1.19. The number of hydrogen-bond donors (Lipinski definition) is 2. The molecule has 0 aliphatic carbocycles. The summed E-state index contributed by atoms with van der Waals surface area (Å²) in [6, 6.07) is 0. The molecule has 0 bridgehead atoms. The third-order valence-corrected chi connectivity index (χ3v) is 3.17. The van der Waals surface area contributed by atoms with Crippen molar-refractivity contribution in [3.05, 3.63) is 39.9 Å². The van der Waals surface area contributed by atoms with Gasteiger partial charge >= 0.3 is 0 Å². The molecular formula is C13H17N2+. The molecule has 0 saturated carbocycles. The van der Waals surface area contributed by atoms with Crippen LogP contribution in [0.2, 0.25) is 0 Å². The second-order valence-corrected chi connectivity index (χ2v) is 4.17. The van der Waals surface area contributed by atoms with Crippen LogP contribution in [0.1, 0.15) is 30.7 Å². The van der Waals surface area contributed by atoms with Gasteiger partial charge in [-0.05, 0) is 38.8 Å². The Morgan fingerprint density at radius 2 is 1.93 bits per heavy atom. The predicted octanol–water partition coefficient (Wildman–Crippen LogP) is 1.47. The van der Waals surface area contributed by atoms with Crippen molar-refractivity contribution in [3.63, 3.8) is 0 Å². The van der Waals surface area contributed by atoms with E-state index in [4.69, 9.17) is 0 Å². The molecule has 0 fully saturated rings. The Labute approximate surface area is 90.4 Å². The van der Waals surface area contributed by atoms with Gasteiger partial charge in [0.1, 0.15) is 0 Å². The summed E-state index contributed by atoms with van der Waals surface area (Å²) in [7, 11) is 0. The zero-order valence-electron chi connectivity index (χ0n) is 9.73. The number of H-pyrrole nitrogens is 1. The van der Waals surface area contributed by atoms with Crippen molar-refractivity contribution in [2.24, 2.45) is 0 Å². The molecule has 2 heterocycles. The number of aromatic nitrogens is 1. The summed E-state index contributed by atoms with van der Waals surface area (Å²) in [4.78, 5) is 6.57. The molecule has 2 N–H and O–H groups in total. The molecule has 0 radical (unpaired) electrons. The van der Waals surface area contributed by atoms with E-state index in [1.54, 1.807) is 0 Å². The van der Waals surface area contributed by atoms with Gasteiger partial charge in [-0.25, -0.2) is 4.99 Å². The number of rotatable bonds is 1. The SMILES string of the molecule is CC1=C(C)C(=Cc2[nH]cc(C)c2C)[NH+]=C1. The Bertz CT molecular complexity index is 485. The van der Waals surface area contributed by atoms with Crippen LogP contribution >= 0.6 is 0 Å². The molecule has 2 nitrogen and oxygen atoms in total. The summed E-state index contributed by atoms with van der Waals surface area (Å²) < 4.78 is 0.